The van der Waals surface area contributed by atoms with Crippen molar-refractivity contribution in [3.05, 3.63) is 60.1 Å². The Morgan fingerprint density at radius 1 is 1.22 bits per heavy atom. The molecule has 0 aliphatic rings. The van der Waals surface area contributed by atoms with Gasteiger partial charge in [-0.1, -0.05) is 30.3 Å². The van der Waals surface area contributed by atoms with Gasteiger partial charge in [-0.05, 0) is 24.6 Å². The molecule has 2 aromatic rings. The Morgan fingerprint density at radius 3 is 2.61 bits per heavy atom. The third kappa shape index (κ3) is 3.77. The molecule has 0 N–H and O–H groups in total. The Balaban J connectivity index is 2.03. The van der Waals surface area contributed by atoms with Crippen molar-refractivity contribution in [1.82, 2.24) is 0 Å². The fourth-order valence-corrected chi connectivity index (χ4v) is 3.01. The summed E-state index contributed by atoms with van der Waals surface area (Å²) in [4.78, 5) is 11.4. The summed E-state index contributed by atoms with van der Waals surface area (Å²) in [5.74, 6) is 1.96. The van der Waals surface area contributed by atoms with Crippen LogP contribution in [-0.4, -0.2) is 5.78 Å². The van der Waals surface area contributed by atoms with Gasteiger partial charge >= 0.3 is 0 Å². The van der Waals surface area contributed by atoms with E-state index >= 15 is 0 Å². The smallest absolute Gasteiger partial charge is 0.131 e. The van der Waals surface area contributed by atoms with Crippen LogP contribution in [0.1, 0.15) is 29.9 Å². The van der Waals surface area contributed by atoms with Crippen LogP contribution >= 0.6 is 11.8 Å². The average Bonchev–Trinajstić information content (AvgIpc) is 2.88. The maximum absolute atomic E-state index is 11.4. The molecule has 0 amide bonds. The van der Waals surface area contributed by atoms with Crippen LogP contribution in [0.4, 0.5) is 0 Å². The second-order valence-corrected chi connectivity index (χ2v) is 5.39. The molecule has 0 spiro atoms. The standard InChI is InChI=1S/C15H16O2S/c1-12(16)10-15(13-6-3-2-4-7-13)18-11-14-8-5-9-17-14/h2-9,15H,10-11H2,1H3. The molecule has 1 atom stereocenters. The number of thioether (sulfide) groups is 1. The molecule has 0 saturated heterocycles. The molecule has 94 valence electrons. The van der Waals surface area contributed by atoms with E-state index < -0.39 is 0 Å². The normalized spacial score (nSPS) is 12.3. The van der Waals surface area contributed by atoms with Crippen LogP contribution < -0.4 is 0 Å². The quantitative estimate of drug-likeness (QED) is 0.778. The largest absolute Gasteiger partial charge is 0.468 e. The predicted molar refractivity (Wildman–Crippen MR) is 74.5 cm³/mol. The van der Waals surface area contributed by atoms with Crippen LogP contribution in [-0.2, 0) is 10.5 Å². The van der Waals surface area contributed by atoms with E-state index in [0.717, 1.165) is 11.5 Å². The summed E-state index contributed by atoms with van der Waals surface area (Å²) in [5, 5.41) is 0.203. The molecule has 2 nitrogen and oxygen atoms in total. The molecule has 0 bridgehead atoms. The summed E-state index contributed by atoms with van der Waals surface area (Å²) in [7, 11) is 0. The highest BCUT2D eigenvalue weighted by molar-refractivity contribution is 7.98. The highest BCUT2D eigenvalue weighted by Crippen LogP contribution is 2.34. The monoisotopic (exact) mass is 260 g/mol. The van der Waals surface area contributed by atoms with Gasteiger partial charge in [0.05, 0.1) is 12.0 Å². The molecule has 0 fully saturated rings. The van der Waals surface area contributed by atoms with Crippen LogP contribution in [0.3, 0.4) is 0 Å². The van der Waals surface area contributed by atoms with E-state index in [4.69, 9.17) is 4.42 Å². The van der Waals surface area contributed by atoms with Crippen LogP contribution in [0.2, 0.25) is 0 Å². The van der Waals surface area contributed by atoms with Gasteiger partial charge in [0, 0.05) is 11.7 Å². The lowest BCUT2D eigenvalue weighted by molar-refractivity contribution is -0.117. The maximum atomic E-state index is 11.4. The van der Waals surface area contributed by atoms with Crippen molar-refractivity contribution in [2.45, 2.75) is 24.3 Å². The van der Waals surface area contributed by atoms with Gasteiger partial charge in [-0.2, -0.15) is 0 Å². The molecule has 18 heavy (non-hydrogen) atoms. The van der Waals surface area contributed by atoms with Crippen LogP contribution in [0.15, 0.2) is 53.1 Å². The molecule has 0 radical (unpaired) electrons. The molecular weight excluding hydrogens is 244 g/mol. The van der Waals surface area contributed by atoms with Gasteiger partial charge in [0.25, 0.3) is 0 Å². The van der Waals surface area contributed by atoms with Crippen molar-refractivity contribution in [3.8, 4) is 0 Å². The van der Waals surface area contributed by atoms with Crippen LogP contribution in [0.25, 0.3) is 0 Å². The van der Waals surface area contributed by atoms with Gasteiger partial charge in [-0.15, -0.1) is 11.8 Å². The van der Waals surface area contributed by atoms with Gasteiger partial charge in [-0.25, -0.2) is 0 Å². The average molecular weight is 260 g/mol. The highest BCUT2D eigenvalue weighted by Gasteiger charge is 2.14. The first kappa shape index (κ1) is 13.0. The molecule has 1 unspecified atom stereocenters. The molecular formula is C15H16O2S. The number of carbonyl (C=O) groups excluding carboxylic acids is 1. The molecule has 1 heterocycles. The van der Waals surface area contributed by atoms with Gasteiger partial charge < -0.3 is 4.42 Å². The fraction of sp³-hybridized carbons (Fsp3) is 0.267. The van der Waals surface area contributed by atoms with Crippen molar-refractivity contribution < 1.29 is 9.21 Å². The van der Waals surface area contributed by atoms with Gasteiger partial charge in [0.2, 0.25) is 0 Å². The number of ketones is 1. The number of benzene rings is 1. The Kier molecular flexibility index (Phi) is 4.65. The molecule has 1 aromatic carbocycles. The fourth-order valence-electron chi connectivity index (χ4n) is 1.78. The summed E-state index contributed by atoms with van der Waals surface area (Å²) in [6.07, 6.45) is 2.24. The van der Waals surface area contributed by atoms with E-state index in [1.165, 1.54) is 5.56 Å². The molecule has 2 rings (SSSR count). The zero-order valence-electron chi connectivity index (χ0n) is 10.3. The molecule has 0 aliphatic carbocycles. The lowest BCUT2D eigenvalue weighted by atomic mass is 10.1. The van der Waals surface area contributed by atoms with E-state index in [1.54, 1.807) is 24.9 Å². The van der Waals surface area contributed by atoms with Crippen molar-refractivity contribution in [3.63, 3.8) is 0 Å². The molecule has 1 aromatic heterocycles. The lowest BCUT2D eigenvalue weighted by Gasteiger charge is -2.14. The summed E-state index contributed by atoms with van der Waals surface area (Å²) in [6.45, 7) is 1.64. The number of furan rings is 1. The van der Waals surface area contributed by atoms with Crippen molar-refractivity contribution >= 4 is 17.5 Å². The first-order valence-corrected chi connectivity index (χ1v) is 6.99. The molecule has 0 saturated carbocycles. The molecule has 3 heteroatoms. The Hall–Kier alpha value is -1.48. The Bertz CT molecular complexity index is 476. The zero-order chi connectivity index (χ0) is 12.8. The number of rotatable bonds is 6. The van der Waals surface area contributed by atoms with E-state index in [9.17, 15) is 4.79 Å². The Labute approximate surface area is 111 Å². The number of hydrogen-bond donors (Lipinski definition) is 0. The van der Waals surface area contributed by atoms with Gasteiger partial charge in [-0.3, -0.25) is 4.79 Å². The minimum atomic E-state index is 0.203. The SMILES string of the molecule is CC(=O)CC(SCc1ccco1)c1ccccc1. The van der Waals surface area contributed by atoms with E-state index in [1.807, 2.05) is 30.3 Å². The predicted octanol–water partition coefficient (Wildman–Crippen LogP) is 4.23. The van der Waals surface area contributed by atoms with Crippen molar-refractivity contribution in [2.75, 3.05) is 0 Å². The first-order valence-electron chi connectivity index (χ1n) is 5.94. The summed E-state index contributed by atoms with van der Waals surface area (Å²) in [6, 6.07) is 14.0. The van der Waals surface area contributed by atoms with Crippen LogP contribution in [0, 0.1) is 0 Å². The van der Waals surface area contributed by atoms with Gasteiger partial charge in [0.15, 0.2) is 0 Å². The van der Waals surface area contributed by atoms with E-state index in [2.05, 4.69) is 12.1 Å². The second-order valence-electron chi connectivity index (χ2n) is 4.20. The zero-order valence-corrected chi connectivity index (χ0v) is 11.2. The molecule has 0 aliphatic heterocycles. The van der Waals surface area contributed by atoms with Gasteiger partial charge in [0.1, 0.15) is 11.5 Å². The highest BCUT2D eigenvalue weighted by atomic mass is 32.2. The number of hydrogen-bond acceptors (Lipinski definition) is 3. The minimum absolute atomic E-state index is 0.203. The van der Waals surface area contributed by atoms with E-state index in [0.29, 0.717) is 6.42 Å². The maximum Gasteiger partial charge on any atom is 0.131 e. The third-order valence-electron chi connectivity index (χ3n) is 2.65. The second kappa shape index (κ2) is 6.45. The third-order valence-corrected chi connectivity index (χ3v) is 3.94. The van der Waals surface area contributed by atoms with E-state index in [-0.39, 0.29) is 11.0 Å². The van der Waals surface area contributed by atoms with Crippen molar-refractivity contribution in [2.24, 2.45) is 0 Å². The van der Waals surface area contributed by atoms with Crippen molar-refractivity contribution in [1.29, 1.82) is 0 Å². The van der Waals surface area contributed by atoms with Crippen LogP contribution in [0.5, 0.6) is 0 Å². The number of Topliss-reactive ketones (excluding diaryl/α,β-unsaturated/α-hetero) is 1. The summed E-state index contributed by atoms with van der Waals surface area (Å²) >= 11 is 1.75. The lowest BCUT2D eigenvalue weighted by Crippen LogP contribution is -2.01. The number of carbonyl (C=O) groups is 1. The topological polar surface area (TPSA) is 30.2 Å². The minimum Gasteiger partial charge on any atom is -0.468 e. The Morgan fingerprint density at radius 2 is 2.00 bits per heavy atom. The summed E-state index contributed by atoms with van der Waals surface area (Å²) in [5.41, 5.74) is 1.20. The first-order chi connectivity index (χ1) is 8.75. The summed E-state index contributed by atoms with van der Waals surface area (Å²) < 4.78 is 5.32.